The van der Waals surface area contributed by atoms with Crippen LogP contribution >= 0.6 is 0 Å². The van der Waals surface area contributed by atoms with Gasteiger partial charge in [-0.3, -0.25) is 0 Å². The summed E-state index contributed by atoms with van der Waals surface area (Å²) in [5.74, 6) is 0.823. The van der Waals surface area contributed by atoms with Gasteiger partial charge in [-0.1, -0.05) is 63.2 Å². The lowest BCUT2D eigenvalue weighted by Crippen LogP contribution is -2.55. The third-order valence-corrected chi connectivity index (χ3v) is 11.8. The maximum Gasteiger partial charge on any atom is 0.192 e. The minimum absolute atomic E-state index is 0.0526. The van der Waals surface area contributed by atoms with Gasteiger partial charge in [0.2, 0.25) is 0 Å². The molecule has 36 heavy (non-hydrogen) atoms. The molecule has 1 saturated heterocycles. The third kappa shape index (κ3) is 8.13. The molecule has 0 bridgehead atoms. The van der Waals surface area contributed by atoms with Crippen molar-refractivity contribution in [3.8, 4) is 5.75 Å². The Bertz CT molecular complexity index is 896. The Hall–Kier alpha value is -1.74. The number of aliphatic hydroxyl groups excluding tert-OH is 1. The molecule has 0 radical (unpaired) electrons. The molecule has 0 spiro atoms. The fourth-order valence-electron chi connectivity index (χ4n) is 4.11. The highest BCUT2D eigenvalue weighted by Gasteiger charge is 2.45. The number of benzene rings is 2. The topological polar surface area (TPSA) is 66.4 Å². The first kappa shape index (κ1) is 28.8. The number of methoxy groups -OCH3 is 1. The van der Waals surface area contributed by atoms with Crippen LogP contribution in [0.4, 0.5) is 0 Å². The van der Waals surface area contributed by atoms with E-state index < -0.39 is 8.32 Å². The molecule has 2 aromatic carbocycles. The number of ether oxygens (including phenoxy) is 4. The quantitative estimate of drug-likeness (QED) is 0.364. The summed E-state index contributed by atoms with van der Waals surface area (Å²) in [4.78, 5) is 0. The van der Waals surface area contributed by atoms with Gasteiger partial charge in [0.05, 0.1) is 45.2 Å². The Labute approximate surface area is 218 Å². The molecule has 1 aliphatic rings. The summed E-state index contributed by atoms with van der Waals surface area (Å²) in [5, 5.41) is 9.85. The van der Waals surface area contributed by atoms with Gasteiger partial charge in [0, 0.05) is 13.0 Å². The van der Waals surface area contributed by atoms with Crippen LogP contribution in [0.2, 0.25) is 18.1 Å². The van der Waals surface area contributed by atoms with E-state index in [2.05, 4.69) is 46.0 Å². The van der Waals surface area contributed by atoms with Crippen molar-refractivity contribution in [2.75, 3.05) is 20.3 Å². The minimum atomic E-state index is -2.04. The molecule has 0 aromatic heterocycles. The fourth-order valence-corrected chi connectivity index (χ4v) is 5.47. The lowest BCUT2D eigenvalue weighted by atomic mass is 9.96. The molecule has 1 N–H and O–H groups in total. The van der Waals surface area contributed by atoms with E-state index in [1.54, 1.807) is 7.11 Å². The summed E-state index contributed by atoms with van der Waals surface area (Å²) in [7, 11) is -0.379. The minimum Gasteiger partial charge on any atom is -0.497 e. The van der Waals surface area contributed by atoms with E-state index in [0.717, 1.165) is 16.9 Å². The van der Waals surface area contributed by atoms with Gasteiger partial charge >= 0.3 is 0 Å². The Morgan fingerprint density at radius 1 is 0.917 bits per heavy atom. The van der Waals surface area contributed by atoms with Gasteiger partial charge < -0.3 is 28.5 Å². The van der Waals surface area contributed by atoms with Gasteiger partial charge in [-0.25, -0.2) is 0 Å². The Morgan fingerprint density at radius 3 is 2.19 bits per heavy atom. The molecule has 1 heterocycles. The second kappa shape index (κ2) is 13.2. The normalized spacial score (nSPS) is 23.0. The van der Waals surface area contributed by atoms with Crippen LogP contribution in [0.3, 0.4) is 0 Å². The van der Waals surface area contributed by atoms with E-state index >= 15 is 0 Å². The van der Waals surface area contributed by atoms with Crippen molar-refractivity contribution in [2.24, 2.45) is 0 Å². The zero-order valence-electron chi connectivity index (χ0n) is 22.7. The number of hydrogen-bond acceptors (Lipinski definition) is 6. The molecule has 1 aliphatic heterocycles. The van der Waals surface area contributed by atoms with Crippen LogP contribution in [-0.4, -0.2) is 58.2 Å². The number of rotatable bonds is 12. The lowest BCUT2D eigenvalue weighted by Gasteiger charge is -2.46. The monoisotopic (exact) mass is 516 g/mol. The van der Waals surface area contributed by atoms with Crippen molar-refractivity contribution in [1.29, 1.82) is 0 Å². The molecular weight excluding hydrogens is 472 g/mol. The summed E-state index contributed by atoms with van der Waals surface area (Å²) in [6.07, 6.45) is 0.487. The first-order valence-corrected chi connectivity index (χ1v) is 15.8. The van der Waals surface area contributed by atoms with Crippen LogP contribution < -0.4 is 4.74 Å². The molecule has 3 rings (SSSR count). The van der Waals surface area contributed by atoms with Gasteiger partial charge in [0.1, 0.15) is 11.9 Å². The van der Waals surface area contributed by atoms with Crippen molar-refractivity contribution in [3.63, 3.8) is 0 Å². The predicted octanol–water partition coefficient (Wildman–Crippen LogP) is 5.73. The van der Waals surface area contributed by atoms with Crippen LogP contribution in [0.1, 0.15) is 44.7 Å². The van der Waals surface area contributed by atoms with Crippen LogP contribution in [0, 0.1) is 0 Å². The van der Waals surface area contributed by atoms with E-state index in [-0.39, 0.29) is 36.1 Å². The van der Waals surface area contributed by atoms with Crippen molar-refractivity contribution in [1.82, 2.24) is 0 Å². The Kier molecular flexibility index (Phi) is 10.5. The Morgan fingerprint density at radius 2 is 1.58 bits per heavy atom. The summed E-state index contributed by atoms with van der Waals surface area (Å²) in [6, 6.07) is 18.0. The molecule has 4 atom stereocenters. The van der Waals surface area contributed by atoms with Crippen LogP contribution in [0.15, 0.2) is 54.6 Å². The van der Waals surface area contributed by atoms with Crippen LogP contribution in [0.25, 0.3) is 0 Å². The van der Waals surface area contributed by atoms with Crippen LogP contribution in [-0.2, 0) is 31.9 Å². The highest BCUT2D eigenvalue weighted by atomic mass is 28.4. The van der Waals surface area contributed by atoms with Gasteiger partial charge in [-0.05, 0) is 47.8 Å². The van der Waals surface area contributed by atoms with Gasteiger partial charge in [-0.2, -0.15) is 0 Å². The molecular formula is C29H44O6Si. The average Bonchev–Trinajstić information content (AvgIpc) is 2.85. The second-order valence-electron chi connectivity index (χ2n) is 11.1. The van der Waals surface area contributed by atoms with Crippen molar-refractivity contribution >= 4 is 8.32 Å². The van der Waals surface area contributed by atoms with Crippen molar-refractivity contribution in [3.05, 3.63) is 65.7 Å². The number of hydrogen-bond donors (Lipinski definition) is 1. The smallest absolute Gasteiger partial charge is 0.192 e. The van der Waals surface area contributed by atoms with Crippen molar-refractivity contribution in [2.45, 2.75) is 89.4 Å². The molecule has 0 amide bonds. The molecule has 2 aromatic rings. The molecule has 0 aliphatic carbocycles. The van der Waals surface area contributed by atoms with E-state index in [4.69, 9.17) is 23.4 Å². The number of aliphatic hydroxyl groups is 1. The molecule has 7 heteroatoms. The summed E-state index contributed by atoms with van der Waals surface area (Å²) >= 11 is 0. The van der Waals surface area contributed by atoms with E-state index in [9.17, 15) is 5.11 Å². The standard InChI is InChI=1S/C29H44O6Si/c1-29(2,3)36(5,6)35-27-18-26(33-20-22-10-8-7-9-11-22)28(34-25(27)16-17-30)21-32-19-23-12-14-24(31-4)15-13-23/h7-15,25-28,30H,16-21H2,1-6H3/t25-,26-,27+,28+/m0/s1. The average molecular weight is 517 g/mol. The maximum absolute atomic E-state index is 9.77. The SMILES string of the molecule is COc1ccc(COC[C@H]2O[C@@H](CCO)[C@H](O[Si](C)(C)C(C)(C)C)C[C@@H]2OCc2ccccc2)cc1. The van der Waals surface area contributed by atoms with E-state index in [1.807, 2.05) is 42.5 Å². The zero-order valence-corrected chi connectivity index (χ0v) is 23.7. The van der Waals surface area contributed by atoms with Gasteiger partial charge in [0.25, 0.3) is 0 Å². The molecule has 1 fully saturated rings. The summed E-state index contributed by atoms with van der Waals surface area (Å²) in [6.45, 7) is 12.7. The van der Waals surface area contributed by atoms with E-state index in [0.29, 0.717) is 32.7 Å². The van der Waals surface area contributed by atoms with Crippen LogP contribution in [0.5, 0.6) is 5.75 Å². The molecule has 6 nitrogen and oxygen atoms in total. The molecule has 0 saturated carbocycles. The lowest BCUT2D eigenvalue weighted by molar-refractivity contribution is -0.202. The zero-order chi connectivity index (χ0) is 26.2. The van der Waals surface area contributed by atoms with Crippen molar-refractivity contribution < 1.29 is 28.5 Å². The van der Waals surface area contributed by atoms with Gasteiger partial charge in [-0.15, -0.1) is 0 Å². The van der Waals surface area contributed by atoms with E-state index in [1.165, 1.54) is 0 Å². The first-order valence-electron chi connectivity index (χ1n) is 12.9. The highest BCUT2D eigenvalue weighted by molar-refractivity contribution is 6.74. The summed E-state index contributed by atoms with van der Waals surface area (Å²) in [5.41, 5.74) is 2.19. The first-order chi connectivity index (χ1) is 17.1. The third-order valence-electron chi connectivity index (χ3n) is 7.33. The Balaban J connectivity index is 1.71. The predicted molar refractivity (Wildman–Crippen MR) is 145 cm³/mol. The highest BCUT2D eigenvalue weighted by Crippen LogP contribution is 2.40. The second-order valence-corrected chi connectivity index (χ2v) is 15.8. The van der Waals surface area contributed by atoms with Gasteiger partial charge in [0.15, 0.2) is 8.32 Å². The fraction of sp³-hybridized carbons (Fsp3) is 0.586. The molecule has 200 valence electrons. The summed E-state index contributed by atoms with van der Waals surface area (Å²) < 4.78 is 31.1. The molecule has 0 unspecified atom stereocenters. The maximum atomic E-state index is 9.77. The largest absolute Gasteiger partial charge is 0.497 e.